The lowest BCUT2D eigenvalue weighted by molar-refractivity contribution is 0.173. The molecule has 0 radical (unpaired) electrons. The lowest BCUT2D eigenvalue weighted by atomic mass is 9.62. The first kappa shape index (κ1) is 38.1. The zero-order valence-electron chi connectivity index (χ0n) is 36.6. The van der Waals surface area contributed by atoms with E-state index >= 15 is 0 Å². The van der Waals surface area contributed by atoms with Crippen LogP contribution < -0.4 is 10.1 Å². The number of benzene rings is 4. The molecule has 3 aliphatic heterocycles. The van der Waals surface area contributed by atoms with Crippen LogP contribution in [0, 0.1) is 11.8 Å². The fourth-order valence-corrected chi connectivity index (χ4v) is 13.0. The number of nitrogens with one attached hydrogen (secondary N) is 1. The van der Waals surface area contributed by atoms with E-state index in [2.05, 4.69) is 186 Å². The molecule has 1 spiro atoms. The summed E-state index contributed by atoms with van der Waals surface area (Å²) in [5, 5.41) is 3.83. The maximum Gasteiger partial charge on any atom is 0.132 e. The maximum absolute atomic E-state index is 6.99. The van der Waals surface area contributed by atoms with Gasteiger partial charge < -0.3 is 15.0 Å². The van der Waals surface area contributed by atoms with Crippen molar-refractivity contribution in [1.29, 1.82) is 0 Å². The van der Waals surface area contributed by atoms with Gasteiger partial charge in [-0.1, -0.05) is 127 Å². The van der Waals surface area contributed by atoms with Gasteiger partial charge in [-0.05, 0) is 152 Å². The molecule has 1 fully saturated rings. The molecule has 13 rings (SSSR count). The molecule has 0 bridgehead atoms. The fraction of sp³-hybridized carbons (Fsp3) is 0.271. The minimum Gasteiger partial charge on any atom is -0.457 e. The number of para-hydroxylation sites is 1. The summed E-state index contributed by atoms with van der Waals surface area (Å²) in [4.78, 5) is 10.6. The summed E-state index contributed by atoms with van der Waals surface area (Å²) < 4.78 is 6.99. The summed E-state index contributed by atoms with van der Waals surface area (Å²) in [5.74, 6) is 4.00. The first-order chi connectivity index (χ1) is 31.6. The van der Waals surface area contributed by atoms with Gasteiger partial charge in [0.05, 0.1) is 11.5 Å². The number of fused-ring (bicyclic) bond motifs is 10. The molecule has 0 amide bonds. The van der Waals surface area contributed by atoms with Crippen molar-refractivity contribution in [1.82, 2.24) is 15.1 Å². The second kappa shape index (κ2) is 15.1. The van der Waals surface area contributed by atoms with Crippen LogP contribution in [0.25, 0.3) is 11.1 Å². The number of likely N-dealkylation sites (N-methyl/N-ethyl adjacent to an activating group) is 1. The maximum atomic E-state index is 6.99. The van der Waals surface area contributed by atoms with Crippen LogP contribution in [-0.2, 0) is 5.41 Å². The van der Waals surface area contributed by atoms with E-state index in [0.717, 1.165) is 67.8 Å². The van der Waals surface area contributed by atoms with E-state index in [1.165, 1.54) is 68.8 Å². The van der Waals surface area contributed by atoms with Crippen molar-refractivity contribution in [2.75, 3.05) is 7.05 Å². The largest absolute Gasteiger partial charge is 0.457 e. The molecule has 4 aromatic rings. The Morgan fingerprint density at radius 1 is 0.734 bits per heavy atom. The highest BCUT2D eigenvalue weighted by Gasteiger charge is 2.57. The SMILES string of the molecule is CN1C(C2=CC=CCC2)NC(c2ccccc2)=NC1c1cccc(-c2ccc3c(c2)C2(C4=C(CC5C(=C4)N(C4=CC=CCC4)C4C=CCCC54)C4=C2CCC=C4)c2ccccc2O3)c1. The standard InChI is InChI=1S/C59H54N4O/c1-62-57(39-20-7-3-8-21-39)60-56(38-18-5-2-6-19-38)61-58(62)42-23-17-22-40(34-42)41-32-33-55-51(35-41)59(49-29-14-16-31-54(49)64-55)48-28-13-11-26-44(48)46-36-47-45-27-12-15-30-52(45)63(53(47)37-50(46)59)43-24-9-4-10-25-43/h2-7,9,11,14-20,22-24,26,29-35,37,45,47,52,57-58H,8,10,12-13,21,25,27-28,36H2,1H3,(H,60,61). The predicted molar refractivity (Wildman–Crippen MR) is 259 cm³/mol. The van der Waals surface area contributed by atoms with Gasteiger partial charge in [0.15, 0.2) is 0 Å². The van der Waals surface area contributed by atoms with Crippen LogP contribution in [-0.4, -0.2) is 34.9 Å². The smallest absolute Gasteiger partial charge is 0.132 e. The highest BCUT2D eigenvalue weighted by Crippen LogP contribution is 2.66. The van der Waals surface area contributed by atoms with Crippen LogP contribution in [0.1, 0.15) is 86.2 Å². The summed E-state index contributed by atoms with van der Waals surface area (Å²) in [5.41, 5.74) is 17.2. The number of likely N-dealkylation sites (tertiary alicyclic amines) is 1. The molecule has 6 aliphatic carbocycles. The van der Waals surface area contributed by atoms with E-state index in [1.54, 1.807) is 11.1 Å². The van der Waals surface area contributed by atoms with Crippen molar-refractivity contribution in [2.45, 2.75) is 81.6 Å². The highest BCUT2D eigenvalue weighted by atomic mass is 16.5. The van der Waals surface area contributed by atoms with Crippen molar-refractivity contribution in [3.63, 3.8) is 0 Å². The molecule has 1 N–H and O–H groups in total. The second-order valence-corrected chi connectivity index (χ2v) is 19.1. The van der Waals surface area contributed by atoms with Crippen molar-refractivity contribution in [3.8, 4) is 22.6 Å². The second-order valence-electron chi connectivity index (χ2n) is 19.1. The van der Waals surface area contributed by atoms with Crippen molar-refractivity contribution >= 4 is 5.84 Å². The van der Waals surface area contributed by atoms with Crippen LogP contribution in [0.15, 0.2) is 208 Å². The molecule has 3 heterocycles. The van der Waals surface area contributed by atoms with E-state index in [9.17, 15) is 0 Å². The van der Waals surface area contributed by atoms with Crippen LogP contribution in [0.2, 0.25) is 0 Å². The van der Waals surface area contributed by atoms with Crippen molar-refractivity contribution < 1.29 is 4.74 Å². The van der Waals surface area contributed by atoms with Gasteiger partial charge in [0.2, 0.25) is 0 Å². The van der Waals surface area contributed by atoms with Gasteiger partial charge in [0.25, 0.3) is 0 Å². The van der Waals surface area contributed by atoms with Crippen LogP contribution in [0.4, 0.5) is 0 Å². The first-order valence-corrected chi connectivity index (χ1v) is 23.8. The van der Waals surface area contributed by atoms with E-state index in [1.807, 2.05) is 0 Å². The Kier molecular flexibility index (Phi) is 8.98. The molecular weight excluding hydrogens is 781 g/mol. The predicted octanol–water partition coefficient (Wildman–Crippen LogP) is 13.1. The fourth-order valence-electron chi connectivity index (χ4n) is 13.0. The molecule has 9 aliphatic rings. The third kappa shape index (κ3) is 5.76. The summed E-state index contributed by atoms with van der Waals surface area (Å²) >= 11 is 0. The van der Waals surface area contributed by atoms with Crippen molar-refractivity contribution in [2.24, 2.45) is 16.8 Å². The summed E-state index contributed by atoms with van der Waals surface area (Å²) in [6.07, 6.45) is 36.1. The van der Waals surface area contributed by atoms with Crippen LogP contribution >= 0.6 is 0 Å². The van der Waals surface area contributed by atoms with Gasteiger partial charge in [-0.3, -0.25) is 4.90 Å². The molecule has 5 heteroatoms. The number of hydrogen-bond acceptors (Lipinski definition) is 5. The Hall–Kier alpha value is -6.43. The number of ether oxygens (including phenoxy) is 1. The highest BCUT2D eigenvalue weighted by molar-refractivity contribution is 5.99. The molecule has 0 saturated carbocycles. The lowest BCUT2D eigenvalue weighted by Crippen LogP contribution is -2.53. The Morgan fingerprint density at radius 2 is 1.55 bits per heavy atom. The quantitative estimate of drug-likeness (QED) is 0.203. The normalized spacial score (nSPS) is 28.5. The van der Waals surface area contributed by atoms with Gasteiger partial charge in [-0.15, -0.1) is 0 Å². The number of allylic oxidation sites excluding steroid dienone is 16. The van der Waals surface area contributed by atoms with Crippen molar-refractivity contribution in [3.05, 3.63) is 225 Å². The Morgan fingerprint density at radius 3 is 2.42 bits per heavy atom. The van der Waals surface area contributed by atoms with E-state index in [4.69, 9.17) is 9.73 Å². The molecule has 6 atom stereocenters. The summed E-state index contributed by atoms with van der Waals surface area (Å²) in [7, 11) is 2.22. The third-order valence-corrected chi connectivity index (χ3v) is 15.8. The van der Waals surface area contributed by atoms with Gasteiger partial charge in [-0.25, -0.2) is 4.99 Å². The number of aliphatic imine (C=N–C) groups is 1. The van der Waals surface area contributed by atoms with Gasteiger partial charge in [0.1, 0.15) is 29.7 Å². The number of hydrogen-bond donors (Lipinski definition) is 1. The topological polar surface area (TPSA) is 40.1 Å². The monoisotopic (exact) mass is 834 g/mol. The molecule has 64 heavy (non-hydrogen) atoms. The molecule has 316 valence electrons. The van der Waals surface area contributed by atoms with E-state index < -0.39 is 5.41 Å². The third-order valence-electron chi connectivity index (χ3n) is 15.8. The van der Waals surface area contributed by atoms with E-state index in [-0.39, 0.29) is 12.3 Å². The minimum atomic E-state index is -0.458. The Balaban J connectivity index is 0.965. The summed E-state index contributed by atoms with van der Waals surface area (Å²) in [6, 6.07) is 36.1. The number of rotatable bonds is 5. The summed E-state index contributed by atoms with van der Waals surface area (Å²) in [6.45, 7) is 0. The molecule has 5 nitrogen and oxygen atoms in total. The molecule has 1 saturated heterocycles. The van der Waals surface area contributed by atoms with Gasteiger partial charge >= 0.3 is 0 Å². The number of amidine groups is 1. The first-order valence-electron chi connectivity index (χ1n) is 23.8. The average molecular weight is 835 g/mol. The molecule has 0 aromatic heterocycles. The zero-order valence-corrected chi connectivity index (χ0v) is 36.6. The Bertz CT molecular complexity index is 2930. The van der Waals surface area contributed by atoms with Gasteiger partial charge in [-0.2, -0.15) is 0 Å². The zero-order chi connectivity index (χ0) is 42.4. The molecular formula is C59H54N4O. The van der Waals surface area contributed by atoms with Crippen LogP contribution in [0.3, 0.4) is 0 Å². The lowest BCUT2D eigenvalue weighted by Gasteiger charge is -2.43. The molecule has 6 unspecified atom stereocenters. The number of nitrogens with zero attached hydrogens (tertiary/aromatic N) is 3. The van der Waals surface area contributed by atoms with E-state index in [0.29, 0.717) is 17.9 Å². The molecule has 4 aromatic carbocycles. The average Bonchev–Trinajstić information content (AvgIpc) is 3.84. The minimum absolute atomic E-state index is 0.0369. The van der Waals surface area contributed by atoms with Crippen LogP contribution in [0.5, 0.6) is 11.5 Å². The van der Waals surface area contributed by atoms with Gasteiger partial charge in [0, 0.05) is 34.0 Å². The Labute approximate surface area is 377 Å².